The van der Waals surface area contributed by atoms with Gasteiger partial charge in [0.1, 0.15) is 24.1 Å². The van der Waals surface area contributed by atoms with E-state index in [1.54, 1.807) is 56.3 Å². The third-order valence-electron chi connectivity index (χ3n) is 6.35. The molecule has 0 heterocycles. The molecule has 220 valence electrons. The van der Waals surface area contributed by atoms with E-state index in [2.05, 4.69) is 5.32 Å². The van der Waals surface area contributed by atoms with Crippen LogP contribution >= 0.6 is 23.2 Å². The number of sulfonamides is 1. The molecule has 3 aromatic carbocycles. The van der Waals surface area contributed by atoms with Crippen molar-refractivity contribution in [2.24, 2.45) is 0 Å². The van der Waals surface area contributed by atoms with E-state index < -0.39 is 28.5 Å². The van der Waals surface area contributed by atoms with E-state index in [0.29, 0.717) is 34.3 Å². The number of nitrogens with one attached hydrogen (secondary N) is 1. The molecular weight excluding hydrogens is 589 g/mol. The van der Waals surface area contributed by atoms with Gasteiger partial charge in [-0.25, -0.2) is 8.42 Å². The Hall–Kier alpha value is -3.47. The van der Waals surface area contributed by atoms with Crippen LogP contribution in [0, 0.1) is 0 Å². The number of hydrogen-bond acceptors (Lipinski definition) is 6. The van der Waals surface area contributed by atoms with Crippen molar-refractivity contribution in [1.82, 2.24) is 10.2 Å². The highest BCUT2D eigenvalue weighted by atomic mass is 35.5. The van der Waals surface area contributed by atoms with Crippen LogP contribution < -0.4 is 19.1 Å². The summed E-state index contributed by atoms with van der Waals surface area (Å²) in [6.45, 7) is 3.31. The largest absolute Gasteiger partial charge is 0.497 e. The van der Waals surface area contributed by atoms with Gasteiger partial charge in [-0.05, 0) is 67.4 Å². The van der Waals surface area contributed by atoms with Crippen molar-refractivity contribution in [3.05, 3.63) is 82.3 Å². The molecule has 12 heteroatoms. The third kappa shape index (κ3) is 7.63. The van der Waals surface area contributed by atoms with Crippen LogP contribution in [0.4, 0.5) is 5.69 Å². The lowest BCUT2D eigenvalue weighted by atomic mass is 10.1. The highest BCUT2D eigenvalue weighted by Gasteiger charge is 2.34. The normalized spacial score (nSPS) is 11.9. The molecule has 0 aliphatic rings. The van der Waals surface area contributed by atoms with E-state index in [9.17, 15) is 18.0 Å². The zero-order valence-corrected chi connectivity index (χ0v) is 25.6. The molecule has 0 spiro atoms. The minimum absolute atomic E-state index is 0.00624. The summed E-state index contributed by atoms with van der Waals surface area (Å²) < 4.78 is 39.7. The molecule has 0 aliphatic heterocycles. The summed E-state index contributed by atoms with van der Waals surface area (Å²) in [6, 6.07) is 16.4. The smallest absolute Gasteiger partial charge is 0.264 e. The van der Waals surface area contributed by atoms with Crippen LogP contribution in [0.25, 0.3) is 0 Å². The number of ether oxygens (including phenoxy) is 2. The monoisotopic (exact) mass is 621 g/mol. The molecule has 3 rings (SSSR count). The lowest BCUT2D eigenvalue weighted by Gasteiger charge is -2.33. The zero-order chi connectivity index (χ0) is 30.2. The van der Waals surface area contributed by atoms with Crippen LogP contribution in [-0.4, -0.2) is 58.5 Å². The van der Waals surface area contributed by atoms with Gasteiger partial charge in [0, 0.05) is 13.1 Å². The van der Waals surface area contributed by atoms with Crippen LogP contribution in [0.2, 0.25) is 10.0 Å². The van der Waals surface area contributed by atoms with Gasteiger partial charge in [-0.15, -0.1) is 0 Å². The van der Waals surface area contributed by atoms with Gasteiger partial charge in [0.05, 0.1) is 34.8 Å². The Morgan fingerprint density at radius 3 is 2.20 bits per heavy atom. The molecular formula is C29H33Cl2N3O6S. The molecule has 1 N–H and O–H groups in total. The highest BCUT2D eigenvalue weighted by Crippen LogP contribution is 2.33. The van der Waals surface area contributed by atoms with E-state index in [0.717, 1.165) is 4.31 Å². The van der Waals surface area contributed by atoms with E-state index in [1.165, 1.54) is 43.4 Å². The van der Waals surface area contributed by atoms with Gasteiger partial charge in [0.2, 0.25) is 11.8 Å². The van der Waals surface area contributed by atoms with Gasteiger partial charge in [-0.2, -0.15) is 0 Å². The maximum Gasteiger partial charge on any atom is 0.264 e. The van der Waals surface area contributed by atoms with Gasteiger partial charge in [-0.3, -0.25) is 13.9 Å². The molecule has 0 aliphatic carbocycles. The number of rotatable bonds is 13. The fraction of sp³-hybridized carbons (Fsp3) is 0.310. The summed E-state index contributed by atoms with van der Waals surface area (Å²) in [6.07, 6.45) is 0.290. The molecule has 1 unspecified atom stereocenters. The first-order chi connectivity index (χ1) is 19.6. The summed E-state index contributed by atoms with van der Waals surface area (Å²) in [5, 5.41) is 3.40. The van der Waals surface area contributed by atoms with Crippen molar-refractivity contribution >= 4 is 50.7 Å². The number of amides is 2. The second-order valence-corrected chi connectivity index (χ2v) is 11.6. The number of halogens is 2. The number of benzene rings is 3. The van der Waals surface area contributed by atoms with Crippen molar-refractivity contribution < 1.29 is 27.5 Å². The maximum atomic E-state index is 14.1. The number of nitrogens with zero attached hydrogens (tertiary/aromatic N) is 2. The van der Waals surface area contributed by atoms with Crippen LogP contribution in [0.15, 0.2) is 71.6 Å². The van der Waals surface area contributed by atoms with Crippen LogP contribution in [0.5, 0.6) is 11.5 Å². The second kappa shape index (κ2) is 14.4. The standard InChI is InChI=1S/C29H33Cl2N3O6S/c1-5-25(29(36)32-6-2)33(18-20-11-16-23(30)24(31)17-20)28(35)19-34(26-9-7-8-10-27(26)40-4)41(37,38)22-14-12-21(39-3)13-15-22/h7-17,25H,5-6,18-19H2,1-4H3,(H,32,36). The Balaban J connectivity index is 2.11. The molecule has 0 saturated carbocycles. The average molecular weight is 623 g/mol. The molecule has 41 heavy (non-hydrogen) atoms. The van der Waals surface area contributed by atoms with Gasteiger partial charge >= 0.3 is 0 Å². The van der Waals surface area contributed by atoms with Crippen molar-refractivity contribution in [2.75, 3.05) is 31.6 Å². The fourth-order valence-electron chi connectivity index (χ4n) is 4.27. The summed E-state index contributed by atoms with van der Waals surface area (Å²) in [5.41, 5.74) is 0.789. The number of carbonyl (C=O) groups is 2. The van der Waals surface area contributed by atoms with Gasteiger partial charge in [0.15, 0.2) is 0 Å². The number of carbonyl (C=O) groups excluding carboxylic acids is 2. The summed E-state index contributed by atoms with van der Waals surface area (Å²) in [4.78, 5) is 28.4. The Kier molecular flexibility index (Phi) is 11.3. The third-order valence-corrected chi connectivity index (χ3v) is 8.87. The lowest BCUT2D eigenvalue weighted by molar-refractivity contribution is -0.140. The summed E-state index contributed by atoms with van der Waals surface area (Å²) in [5.74, 6) is -0.226. The molecule has 1 atom stereocenters. The summed E-state index contributed by atoms with van der Waals surface area (Å²) in [7, 11) is -1.39. The van der Waals surface area contributed by atoms with Crippen molar-refractivity contribution in [1.29, 1.82) is 0 Å². The lowest BCUT2D eigenvalue weighted by Crippen LogP contribution is -2.52. The highest BCUT2D eigenvalue weighted by molar-refractivity contribution is 7.92. The van der Waals surface area contributed by atoms with Crippen molar-refractivity contribution in [3.63, 3.8) is 0 Å². The first-order valence-corrected chi connectivity index (χ1v) is 15.1. The molecule has 0 aromatic heterocycles. The minimum Gasteiger partial charge on any atom is -0.497 e. The fourth-order valence-corrected chi connectivity index (χ4v) is 6.02. The quantitative estimate of drug-likeness (QED) is 0.283. The Labute approximate surface area is 251 Å². The number of anilines is 1. The summed E-state index contributed by atoms with van der Waals surface area (Å²) >= 11 is 12.3. The van der Waals surface area contributed by atoms with E-state index in [-0.39, 0.29) is 28.8 Å². The first kappa shape index (κ1) is 32.0. The molecule has 0 fully saturated rings. The first-order valence-electron chi connectivity index (χ1n) is 12.9. The van der Waals surface area contributed by atoms with Crippen LogP contribution in [-0.2, 0) is 26.2 Å². The van der Waals surface area contributed by atoms with Gasteiger partial charge < -0.3 is 19.7 Å². The Bertz CT molecular complexity index is 1470. The predicted octanol–water partition coefficient (Wildman–Crippen LogP) is 5.15. The van der Waals surface area contributed by atoms with Crippen molar-refractivity contribution in [2.45, 2.75) is 37.8 Å². The minimum atomic E-state index is -4.28. The topological polar surface area (TPSA) is 105 Å². The zero-order valence-electron chi connectivity index (χ0n) is 23.3. The number of para-hydroxylation sites is 2. The molecule has 3 aromatic rings. The number of likely N-dealkylation sites (N-methyl/N-ethyl adjacent to an activating group) is 1. The van der Waals surface area contributed by atoms with Gasteiger partial charge in [-0.1, -0.05) is 48.3 Å². The molecule has 0 radical (unpaired) electrons. The number of hydrogen-bond donors (Lipinski definition) is 1. The molecule has 9 nitrogen and oxygen atoms in total. The average Bonchev–Trinajstić information content (AvgIpc) is 2.97. The Morgan fingerprint density at radius 2 is 1.61 bits per heavy atom. The van der Waals surface area contributed by atoms with Crippen LogP contribution in [0.1, 0.15) is 25.8 Å². The molecule has 0 bridgehead atoms. The van der Waals surface area contributed by atoms with Crippen molar-refractivity contribution in [3.8, 4) is 11.5 Å². The SMILES string of the molecule is CCNC(=O)C(CC)N(Cc1ccc(Cl)c(Cl)c1)C(=O)CN(c1ccccc1OC)S(=O)(=O)c1ccc(OC)cc1. The second-order valence-electron chi connectivity index (χ2n) is 8.95. The molecule has 2 amide bonds. The molecule has 0 saturated heterocycles. The maximum absolute atomic E-state index is 14.1. The van der Waals surface area contributed by atoms with E-state index in [4.69, 9.17) is 32.7 Å². The van der Waals surface area contributed by atoms with Gasteiger partial charge in [0.25, 0.3) is 10.0 Å². The van der Waals surface area contributed by atoms with E-state index in [1.807, 2.05) is 0 Å². The van der Waals surface area contributed by atoms with Crippen LogP contribution in [0.3, 0.4) is 0 Å². The van der Waals surface area contributed by atoms with E-state index >= 15 is 0 Å². The Morgan fingerprint density at radius 1 is 0.927 bits per heavy atom. The number of methoxy groups -OCH3 is 2. The predicted molar refractivity (Wildman–Crippen MR) is 160 cm³/mol.